The lowest BCUT2D eigenvalue weighted by molar-refractivity contribution is 0.0698. The number of carbonyl (C=O) groups is 1. The van der Waals surface area contributed by atoms with Crippen LogP contribution in [0.4, 0.5) is 11.6 Å². The van der Waals surface area contributed by atoms with Gasteiger partial charge in [0, 0.05) is 36.4 Å². The highest BCUT2D eigenvalue weighted by Gasteiger charge is 2.34. The molecule has 1 aliphatic heterocycles. The fraction of sp³-hybridized carbons (Fsp3) is 0.300. The van der Waals surface area contributed by atoms with Crippen LogP contribution in [0.2, 0.25) is 0 Å². The predicted molar refractivity (Wildman–Crippen MR) is 149 cm³/mol. The third-order valence-corrected chi connectivity index (χ3v) is 7.79. The quantitative estimate of drug-likeness (QED) is 0.343. The first-order valence-corrected chi connectivity index (χ1v) is 13.0. The first-order valence-electron chi connectivity index (χ1n) is 13.0. The molecule has 0 spiro atoms. The van der Waals surface area contributed by atoms with Crippen molar-refractivity contribution in [1.29, 1.82) is 0 Å². The molecule has 1 aromatic heterocycles. The van der Waals surface area contributed by atoms with E-state index in [1.54, 1.807) is 24.3 Å². The molecule has 1 fully saturated rings. The molecular weight excluding hydrogens is 478 g/mol. The lowest BCUT2D eigenvalue weighted by Crippen LogP contribution is -2.43. The number of rotatable bonds is 6. The Morgan fingerprint density at radius 1 is 1.08 bits per heavy atom. The normalized spacial score (nSPS) is 19.2. The number of aromatic carboxylic acids is 1. The van der Waals surface area contributed by atoms with Gasteiger partial charge < -0.3 is 21.1 Å². The van der Waals surface area contributed by atoms with Gasteiger partial charge in [0.1, 0.15) is 0 Å². The summed E-state index contributed by atoms with van der Waals surface area (Å²) in [5.74, 6) is -0.330. The van der Waals surface area contributed by atoms with Crippen molar-refractivity contribution in [2.24, 2.45) is 5.73 Å². The van der Waals surface area contributed by atoms with Crippen molar-refractivity contribution in [3.05, 3.63) is 98.8 Å². The second-order valence-corrected chi connectivity index (χ2v) is 10.6. The molecule has 2 aliphatic rings. The Kier molecular flexibility index (Phi) is 5.91. The third-order valence-electron chi connectivity index (χ3n) is 7.79. The van der Waals surface area contributed by atoms with Gasteiger partial charge in [-0.3, -0.25) is 9.36 Å². The van der Waals surface area contributed by atoms with Gasteiger partial charge >= 0.3 is 5.97 Å². The Hall–Kier alpha value is -4.17. The molecule has 0 saturated heterocycles. The van der Waals surface area contributed by atoms with Gasteiger partial charge in [0.05, 0.1) is 22.5 Å². The van der Waals surface area contributed by atoms with E-state index in [4.69, 9.17) is 10.7 Å². The molecule has 1 aliphatic carbocycles. The van der Waals surface area contributed by atoms with E-state index < -0.39 is 5.97 Å². The number of nitrogens with zero attached hydrogens (tertiary/aromatic N) is 3. The molecule has 1 saturated carbocycles. The Balaban J connectivity index is 1.49. The highest BCUT2D eigenvalue weighted by molar-refractivity contribution is 5.94. The molecule has 1 unspecified atom stereocenters. The lowest BCUT2D eigenvalue weighted by atomic mass is 9.87. The molecule has 3 aromatic carbocycles. The molecule has 4 N–H and O–H groups in total. The number of carboxylic acids is 1. The summed E-state index contributed by atoms with van der Waals surface area (Å²) in [5, 5.41) is 13.6. The van der Waals surface area contributed by atoms with Gasteiger partial charge in [0.25, 0.3) is 5.56 Å². The SMILES string of the molecule is Cc1cc(C(C)Nc2ccccc2C(=O)O)c2nc(N3Cc4ccccc4C3)n([C@H]3C[C@H](N)C3)c(=O)c2c1. The van der Waals surface area contributed by atoms with E-state index in [0.717, 1.165) is 24.0 Å². The zero-order chi connectivity index (χ0) is 26.6. The minimum atomic E-state index is -0.995. The van der Waals surface area contributed by atoms with Gasteiger partial charge in [-0.05, 0) is 61.6 Å². The number of para-hydroxylation sites is 1. The minimum Gasteiger partial charge on any atom is -0.478 e. The van der Waals surface area contributed by atoms with Crippen LogP contribution in [0.5, 0.6) is 0 Å². The summed E-state index contributed by atoms with van der Waals surface area (Å²) >= 11 is 0. The highest BCUT2D eigenvalue weighted by Crippen LogP contribution is 2.37. The van der Waals surface area contributed by atoms with Crippen molar-refractivity contribution in [2.75, 3.05) is 10.2 Å². The molecule has 38 heavy (non-hydrogen) atoms. The summed E-state index contributed by atoms with van der Waals surface area (Å²) in [6.07, 6.45) is 1.51. The summed E-state index contributed by atoms with van der Waals surface area (Å²) in [6, 6.07) is 18.9. The molecule has 0 amide bonds. The van der Waals surface area contributed by atoms with E-state index in [9.17, 15) is 14.7 Å². The molecule has 4 aromatic rings. The van der Waals surface area contributed by atoms with Crippen LogP contribution >= 0.6 is 0 Å². The molecule has 8 heteroatoms. The number of nitrogens with one attached hydrogen (secondary N) is 1. The Bertz CT molecular complexity index is 1600. The molecular formula is C30H31N5O3. The van der Waals surface area contributed by atoms with Gasteiger partial charge in [0.15, 0.2) is 0 Å². The third kappa shape index (κ3) is 4.11. The number of anilines is 2. The van der Waals surface area contributed by atoms with Gasteiger partial charge in [-0.25, -0.2) is 9.78 Å². The number of hydrogen-bond donors (Lipinski definition) is 3. The number of benzene rings is 3. The molecule has 6 rings (SSSR count). The van der Waals surface area contributed by atoms with E-state index >= 15 is 0 Å². The average molecular weight is 510 g/mol. The van der Waals surface area contributed by atoms with Crippen molar-refractivity contribution in [2.45, 2.75) is 57.9 Å². The molecule has 194 valence electrons. The maximum Gasteiger partial charge on any atom is 0.337 e. The van der Waals surface area contributed by atoms with Gasteiger partial charge in [-0.2, -0.15) is 0 Å². The zero-order valence-electron chi connectivity index (χ0n) is 21.5. The highest BCUT2D eigenvalue weighted by atomic mass is 16.4. The number of carboxylic acid groups (broad SMARTS) is 1. The second kappa shape index (κ2) is 9.29. The van der Waals surface area contributed by atoms with Crippen LogP contribution in [-0.2, 0) is 13.1 Å². The van der Waals surface area contributed by atoms with Crippen LogP contribution < -0.4 is 21.5 Å². The summed E-state index contributed by atoms with van der Waals surface area (Å²) in [6.45, 7) is 5.31. The fourth-order valence-corrected chi connectivity index (χ4v) is 5.77. The van der Waals surface area contributed by atoms with Crippen LogP contribution in [0.1, 0.15) is 64.5 Å². The molecule has 1 atom stereocenters. The van der Waals surface area contributed by atoms with Crippen molar-refractivity contribution in [3.63, 3.8) is 0 Å². The first kappa shape index (κ1) is 24.2. The maximum absolute atomic E-state index is 14.1. The average Bonchev–Trinajstić information content (AvgIpc) is 3.31. The first-order chi connectivity index (χ1) is 18.3. The summed E-state index contributed by atoms with van der Waals surface area (Å²) in [4.78, 5) is 33.2. The standard InChI is InChI=1S/C30H31N5O3/c1-17-11-24(18(2)32-26-10-6-5-9-23(26)29(37)38)27-25(12-17)28(36)35(22-13-21(31)14-22)30(33-27)34-15-19-7-3-4-8-20(19)16-34/h3-12,18,21-22,32H,13-16,31H2,1-2H3,(H,37,38)/t18?,21-,22-. The second-order valence-electron chi connectivity index (χ2n) is 10.6. The predicted octanol–water partition coefficient (Wildman–Crippen LogP) is 4.76. The van der Waals surface area contributed by atoms with Crippen LogP contribution in [0.3, 0.4) is 0 Å². The monoisotopic (exact) mass is 509 g/mol. The smallest absolute Gasteiger partial charge is 0.337 e. The molecule has 0 bridgehead atoms. The Morgan fingerprint density at radius 3 is 2.39 bits per heavy atom. The summed E-state index contributed by atoms with van der Waals surface area (Å²) in [5.41, 5.74) is 11.7. The largest absolute Gasteiger partial charge is 0.478 e. The number of aromatic nitrogens is 2. The minimum absolute atomic E-state index is 0.0232. The van der Waals surface area contributed by atoms with Gasteiger partial charge in [-0.15, -0.1) is 0 Å². The molecule has 2 heterocycles. The maximum atomic E-state index is 14.1. The Morgan fingerprint density at radius 2 is 1.74 bits per heavy atom. The van der Waals surface area contributed by atoms with E-state index in [2.05, 4.69) is 22.3 Å². The van der Waals surface area contributed by atoms with Crippen molar-refractivity contribution < 1.29 is 9.90 Å². The summed E-state index contributed by atoms with van der Waals surface area (Å²) in [7, 11) is 0. The lowest BCUT2D eigenvalue weighted by Gasteiger charge is -2.36. The number of fused-ring (bicyclic) bond motifs is 2. The van der Waals surface area contributed by atoms with E-state index in [0.29, 0.717) is 35.6 Å². The number of aryl methyl sites for hydroxylation is 1. The molecule has 0 radical (unpaired) electrons. The Labute approximate surface area is 220 Å². The topological polar surface area (TPSA) is 113 Å². The van der Waals surface area contributed by atoms with Crippen molar-refractivity contribution in [3.8, 4) is 0 Å². The van der Waals surface area contributed by atoms with Crippen LogP contribution in [0.25, 0.3) is 10.9 Å². The number of hydrogen-bond acceptors (Lipinski definition) is 6. The van der Waals surface area contributed by atoms with Crippen molar-refractivity contribution in [1.82, 2.24) is 9.55 Å². The van der Waals surface area contributed by atoms with E-state index in [-0.39, 0.29) is 29.2 Å². The summed E-state index contributed by atoms with van der Waals surface area (Å²) < 4.78 is 1.86. The van der Waals surface area contributed by atoms with Gasteiger partial charge in [0.2, 0.25) is 5.95 Å². The van der Waals surface area contributed by atoms with Crippen LogP contribution in [-0.4, -0.2) is 26.7 Å². The van der Waals surface area contributed by atoms with Crippen LogP contribution in [0, 0.1) is 6.92 Å². The van der Waals surface area contributed by atoms with Crippen LogP contribution in [0.15, 0.2) is 65.5 Å². The van der Waals surface area contributed by atoms with Gasteiger partial charge in [-0.1, -0.05) is 42.5 Å². The van der Waals surface area contributed by atoms with Crippen molar-refractivity contribution >= 4 is 28.5 Å². The fourth-order valence-electron chi connectivity index (χ4n) is 5.77. The zero-order valence-corrected chi connectivity index (χ0v) is 21.5. The van der Waals surface area contributed by atoms with E-state index in [1.165, 1.54) is 11.1 Å². The molecule has 8 nitrogen and oxygen atoms in total. The van der Waals surface area contributed by atoms with E-state index in [1.807, 2.05) is 42.7 Å². The number of nitrogens with two attached hydrogens (primary N) is 1.